The van der Waals surface area contributed by atoms with Crippen LogP contribution < -0.4 is 10.1 Å². The molecule has 0 radical (unpaired) electrons. The van der Waals surface area contributed by atoms with E-state index in [0.717, 1.165) is 5.56 Å². The van der Waals surface area contributed by atoms with E-state index in [9.17, 15) is 9.90 Å². The van der Waals surface area contributed by atoms with Gasteiger partial charge in [-0.25, -0.2) is 0 Å². The van der Waals surface area contributed by atoms with Gasteiger partial charge in [0.15, 0.2) is 0 Å². The van der Waals surface area contributed by atoms with Crippen LogP contribution in [0.25, 0.3) is 6.08 Å². The number of nitrogens with one attached hydrogen (secondary N) is 1. The number of ether oxygens (including phenoxy) is 1. The van der Waals surface area contributed by atoms with Crippen molar-refractivity contribution in [2.24, 2.45) is 0 Å². The molecule has 0 heterocycles. The molecule has 1 amide bonds. The lowest BCUT2D eigenvalue weighted by atomic mass is 10.1. The van der Waals surface area contributed by atoms with Gasteiger partial charge < -0.3 is 15.2 Å². The van der Waals surface area contributed by atoms with Crippen molar-refractivity contribution in [3.63, 3.8) is 0 Å². The molecule has 0 aromatic heterocycles. The van der Waals surface area contributed by atoms with Crippen LogP contribution in [0.1, 0.15) is 31.1 Å². The van der Waals surface area contributed by atoms with Crippen molar-refractivity contribution in [1.29, 1.82) is 0 Å². The SMILES string of the molecule is CC(C)=CCOc1cccc(C(O)CNC(=O)/C=C/c2ccccc2)c1. The highest BCUT2D eigenvalue weighted by atomic mass is 16.5. The Balaban J connectivity index is 1.85. The standard InChI is InChI=1S/C22H25NO3/c1-17(2)13-14-26-20-10-6-9-19(15-20)21(24)16-23-22(25)12-11-18-7-4-3-5-8-18/h3-13,15,21,24H,14,16H2,1-2H3,(H,23,25)/b12-11+. The lowest BCUT2D eigenvalue weighted by molar-refractivity contribution is -0.116. The number of carbonyl (C=O) groups is 1. The summed E-state index contributed by atoms with van der Waals surface area (Å²) < 4.78 is 5.63. The Morgan fingerprint density at radius 2 is 1.92 bits per heavy atom. The summed E-state index contributed by atoms with van der Waals surface area (Å²) in [6.07, 6.45) is 4.39. The predicted octanol–water partition coefficient (Wildman–Crippen LogP) is 3.89. The quantitative estimate of drug-likeness (QED) is 0.560. The molecular formula is C22H25NO3. The van der Waals surface area contributed by atoms with Crippen molar-refractivity contribution in [3.05, 3.63) is 83.4 Å². The second-order valence-electron chi connectivity index (χ2n) is 6.17. The molecule has 1 atom stereocenters. The van der Waals surface area contributed by atoms with E-state index in [1.807, 2.05) is 68.5 Å². The van der Waals surface area contributed by atoms with Gasteiger partial charge >= 0.3 is 0 Å². The summed E-state index contributed by atoms with van der Waals surface area (Å²) >= 11 is 0. The largest absolute Gasteiger partial charge is 0.490 e. The van der Waals surface area contributed by atoms with E-state index in [0.29, 0.717) is 17.9 Å². The van der Waals surface area contributed by atoms with Crippen LogP contribution in [0.2, 0.25) is 0 Å². The molecule has 0 aliphatic heterocycles. The van der Waals surface area contributed by atoms with Gasteiger partial charge in [0.2, 0.25) is 5.91 Å². The van der Waals surface area contributed by atoms with Crippen LogP contribution in [0.15, 0.2) is 72.3 Å². The van der Waals surface area contributed by atoms with Gasteiger partial charge in [0, 0.05) is 12.6 Å². The lowest BCUT2D eigenvalue weighted by Gasteiger charge is -2.13. The second kappa shape index (κ2) is 10.2. The van der Waals surface area contributed by atoms with Crippen LogP contribution in [0.3, 0.4) is 0 Å². The third-order valence-electron chi connectivity index (χ3n) is 3.68. The number of amides is 1. The minimum atomic E-state index is -0.795. The van der Waals surface area contributed by atoms with Gasteiger partial charge in [0.1, 0.15) is 12.4 Å². The summed E-state index contributed by atoms with van der Waals surface area (Å²) in [7, 11) is 0. The van der Waals surface area contributed by atoms with Crippen LogP contribution in [-0.4, -0.2) is 24.2 Å². The lowest BCUT2D eigenvalue weighted by Crippen LogP contribution is -2.26. The van der Waals surface area contributed by atoms with Crippen molar-refractivity contribution in [2.45, 2.75) is 20.0 Å². The maximum absolute atomic E-state index is 11.9. The van der Waals surface area contributed by atoms with Crippen molar-refractivity contribution >= 4 is 12.0 Å². The van der Waals surface area contributed by atoms with Gasteiger partial charge in [-0.3, -0.25) is 4.79 Å². The predicted molar refractivity (Wildman–Crippen MR) is 105 cm³/mol. The number of carbonyl (C=O) groups excluding carboxylic acids is 1. The molecule has 26 heavy (non-hydrogen) atoms. The minimum absolute atomic E-state index is 0.134. The zero-order valence-corrected chi connectivity index (χ0v) is 15.2. The number of allylic oxidation sites excluding steroid dienone is 1. The summed E-state index contributed by atoms with van der Waals surface area (Å²) in [5.41, 5.74) is 2.84. The van der Waals surface area contributed by atoms with Crippen LogP contribution in [0.4, 0.5) is 0 Å². The zero-order chi connectivity index (χ0) is 18.8. The van der Waals surface area contributed by atoms with E-state index < -0.39 is 6.10 Å². The molecule has 136 valence electrons. The van der Waals surface area contributed by atoms with Gasteiger partial charge in [0.25, 0.3) is 0 Å². The number of aliphatic hydroxyl groups excluding tert-OH is 1. The fraction of sp³-hybridized carbons (Fsp3) is 0.227. The number of hydrogen-bond acceptors (Lipinski definition) is 3. The fourth-order valence-corrected chi connectivity index (χ4v) is 2.23. The minimum Gasteiger partial charge on any atom is -0.490 e. The molecule has 0 saturated heterocycles. The zero-order valence-electron chi connectivity index (χ0n) is 15.2. The molecular weight excluding hydrogens is 326 g/mol. The highest BCUT2D eigenvalue weighted by molar-refractivity contribution is 5.91. The molecule has 1 unspecified atom stereocenters. The molecule has 0 spiro atoms. The Bertz CT molecular complexity index is 762. The average molecular weight is 351 g/mol. The van der Waals surface area contributed by atoms with E-state index in [4.69, 9.17) is 4.74 Å². The smallest absolute Gasteiger partial charge is 0.244 e. The Hall–Kier alpha value is -2.85. The Kier molecular flexibility index (Phi) is 7.65. The van der Waals surface area contributed by atoms with Gasteiger partial charge in [-0.2, -0.15) is 0 Å². The van der Waals surface area contributed by atoms with Gasteiger partial charge in [-0.05, 0) is 49.3 Å². The summed E-state index contributed by atoms with van der Waals surface area (Å²) in [5, 5.41) is 13.0. The molecule has 0 fully saturated rings. The monoisotopic (exact) mass is 351 g/mol. The van der Waals surface area contributed by atoms with Crippen LogP contribution in [0, 0.1) is 0 Å². The summed E-state index contributed by atoms with van der Waals surface area (Å²) in [6, 6.07) is 16.8. The van der Waals surface area contributed by atoms with E-state index in [1.54, 1.807) is 12.1 Å². The van der Waals surface area contributed by atoms with Crippen LogP contribution >= 0.6 is 0 Å². The molecule has 2 aromatic carbocycles. The third-order valence-corrected chi connectivity index (χ3v) is 3.68. The van der Waals surface area contributed by atoms with E-state index >= 15 is 0 Å². The Morgan fingerprint density at radius 1 is 1.15 bits per heavy atom. The van der Waals surface area contributed by atoms with E-state index in [2.05, 4.69) is 5.32 Å². The highest BCUT2D eigenvalue weighted by Gasteiger charge is 2.09. The van der Waals surface area contributed by atoms with Crippen molar-refractivity contribution < 1.29 is 14.6 Å². The fourth-order valence-electron chi connectivity index (χ4n) is 2.23. The molecule has 0 bridgehead atoms. The second-order valence-corrected chi connectivity index (χ2v) is 6.17. The Morgan fingerprint density at radius 3 is 2.65 bits per heavy atom. The van der Waals surface area contributed by atoms with E-state index in [-0.39, 0.29) is 12.5 Å². The first-order chi connectivity index (χ1) is 12.5. The molecule has 0 saturated carbocycles. The average Bonchev–Trinajstić information content (AvgIpc) is 2.65. The molecule has 2 rings (SSSR count). The van der Waals surface area contributed by atoms with Crippen molar-refractivity contribution in [3.8, 4) is 5.75 Å². The molecule has 0 aliphatic carbocycles. The highest BCUT2D eigenvalue weighted by Crippen LogP contribution is 2.19. The van der Waals surface area contributed by atoms with Gasteiger partial charge in [0.05, 0.1) is 6.10 Å². The maximum atomic E-state index is 11.9. The molecule has 4 nitrogen and oxygen atoms in total. The maximum Gasteiger partial charge on any atom is 0.244 e. The van der Waals surface area contributed by atoms with E-state index in [1.165, 1.54) is 11.6 Å². The van der Waals surface area contributed by atoms with Crippen LogP contribution in [-0.2, 0) is 4.79 Å². The van der Waals surface area contributed by atoms with Crippen LogP contribution in [0.5, 0.6) is 5.75 Å². The summed E-state index contributed by atoms with van der Waals surface area (Å²) in [4.78, 5) is 11.9. The number of aliphatic hydroxyl groups is 1. The molecule has 2 aromatic rings. The topological polar surface area (TPSA) is 58.6 Å². The van der Waals surface area contributed by atoms with Gasteiger partial charge in [-0.15, -0.1) is 0 Å². The van der Waals surface area contributed by atoms with Crippen molar-refractivity contribution in [1.82, 2.24) is 5.32 Å². The Labute approximate surface area is 154 Å². The molecule has 4 heteroatoms. The normalized spacial score (nSPS) is 11.8. The first kappa shape index (κ1) is 19.5. The van der Waals surface area contributed by atoms with Crippen molar-refractivity contribution in [2.75, 3.05) is 13.2 Å². The number of rotatable bonds is 8. The number of hydrogen-bond donors (Lipinski definition) is 2. The molecule has 2 N–H and O–H groups in total. The summed E-state index contributed by atoms with van der Waals surface area (Å²) in [6.45, 7) is 4.65. The third kappa shape index (κ3) is 6.95. The first-order valence-corrected chi connectivity index (χ1v) is 8.60. The number of benzene rings is 2. The summed E-state index contributed by atoms with van der Waals surface area (Å²) in [5.74, 6) is 0.443. The first-order valence-electron chi connectivity index (χ1n) is 8.60. The molecule has 0 aliphatic rings. The van der Waals surface area contributed by atoms with Gasteiger partial charge in [-0.1, -0.05) is 48.0 Å².